The number of nitrogens with one attached hydrogen (secondary N) is 1. The van der Waals surface area contributed by atoms with Crippen molar-refractivity contribution in [1.82, 2.24) is 5.32 Å². The monoisotopic (exact) mass is 219 g/mol. The smallest absolute Gasteiger partial charge is 0.145 e. The number of benzene rings is 1. The molecule has 1 fully saturated rings. The fourth-order valence-corrected chi connectivity index (χ4v) is 2.59. The topological polar surface area (TPSA) is 50.5 Å². The highest BCUT2D eigenvalue weighted by atomic mass is 16.5. The van der Waals surface area contributed by atoms with E-state index in [1.807, 2.05) is 12.1 Å². The van der Waals surface area contributed by atoms with Gasteiger partial charge < -0.3 is 20.7 Å². The van der Waals surface area contributed by atoms with Gasteiger partial charge in [-0.25, -0.2) is 0 Å². The molecule has 0 aliphatic carbocycles. The molecule has 4 heteroatoms. The van der Waals surface area contributed by atoms with Crippen LogP contribution in [-0.4, -0.2) is 32.3 Å². The maximum Gasteiger partial charge on any atom is 0.145 e. The Balaban J connectivity index is 2.06. The lowest BCUT2D eigenvalue weighted by Crippen LogP contribution is -2.55. The molecule has 16 heavy (non-hydrogen) atoms. The molecule has 3 rings (SSSR count). The summed E-state index contributed by atoms with van der Waals surface area (Å²) in [4.78, 5) is 2.42. The van der Waals surface area contributed by atoms with Gasteiger partial charge in [0.1, 0.15) is 12.4 Å². The van der Waals surface area contributed by atoms with Crippen LogP contribution in [0.5, 0.6) is 5.75 Å². The van der Waals surface area contributed by atoms with E-state index in [9.17, 15) is 0 Å². The second-order valence-electron chi connectivity index (χ2n) is 4.55. The molecule has 0 bridgehead atoms. The highest BCUT2D eigenvalue weighted by Gasteiger charge is 2.30. The summed E-state index contributed by atoms with van der Waals surface area (Å²) < 4.78 is 5.84. The van der Waals surface area contributed by atoms with E-state index < -0.39 is 0 Å². The van der Waals surface area contributed by atoms with E-state index in [0.29, 0.717) is 6.04 Å². The van der Waals surface area contributed by atoms with E-state index in [4.69, 9.17) is 10.5 Å². The van der Waals surface area contributed by atoms with Gasteiger partial charge in [0.05, 0.1) is 11.7 Å². The van der Waals surface area contributed by atoms with Crippen molar-refractivity contribution in [2.24, 2.45) is 0 Å². The number of fused-ring (bicyclic) bond motifs is 3. The third-order valence-corrected chi connectivity index (χ3v) is 3.36. The van der Waals surface area contributed by atoms with E-state index in [1.165, 1.54) is 0 Å². The summed E-state index contributed by atoms with van der Waals surface area (Å²) in [6.07, 6.45) is 0. The van der Waals surface area contributed by atoms with E-state index in [1.54, 1.807) is 0 Å². The molecule has 2 heterocycles. The molecule has 1 saturated heterocycles. The van der Waals surface area contributed by atoms with Gasteiger partial charge in [0.15, 0.2) is 0 Å². The Labute approximate surface area is 95.4 Å². The second-order valence-corrected chi connectivity index (χ2v) is 4.55. The Morgan fingerprint density at radius 2 is 2.38 bits per heavy atom. The SMILES string of the molecule is Cc1cc(N)cc2c1OCC1CNCCN21. The summed E-state index contributed by atoms with van der Waals surface area (Å²) in [7, 11) is 0. The van der Waals surface area contributed by atoms with Crippen LogP contribution in [0.15, 0.2) is 12.1 Å². The molecule has 0 saturated carbocycles. The van der Waals surface area contributed by atoms with Crippen molar-refractivity contribution in [3.8, 4) is 5.75 Å². The number of rotatable bonds is 0. The molecule has 2 aliphatic rings. The normalized spacial score (nSPS) is 23.3. The lowest BCUT2D eigenvalue weighted by Gasteiger charge is -2.42. The minimum Gasteiger partial charge on any atom is -0.489 e. The zero-order valence-corrected chi connectivity index (χ0v) is 9.49. The second kappa shape index (κ2) is 3.56. The van der Waals surface area contributed by atoms with Crippen LogP contribution in [0.2, 0.25) is 0 Å². The Morgan fingerprint density at radius 1 is 1.50 bits per heavy atom. The summed E-state index contributed by atoms with van der Waals surface area (Å²) in [5.74, 6) is 1.01. The predicted molar refractivity (Wildman–Crippen MR) is 65.1 cm³/mol. The van der Waals surface area contributed by atoms with Gasteiger partial charge >= 0.3 is 0 Å². The molecule has 4 nitrogen and oxygen atoms in total. The summed E-state index contributed by atoms with van der Waals surface area (Å²) in [5.41, 5.74) is 9.02. The van der Waals surface area contributed by atoms with Crippen molar-refractivity contribution in [1.29, 1.82) is 0 Å². The van der Waals surface area contributed by atoms with Crippen LogP contribution in [0.4, 0.5) is 11.4 Å². The summed E-state index contributed by atoms with van der Waals surface area (Å²) in [5, 5.41) is 3.39. The van der Waals surface area contributed by atoms with E-state index in [2.05, 4.69) is 17.1 Å². The lowest BCUT2D eigenvalue weighted by atomic mass is 10.1. The molecular formula is C12H17N3O. The summed E-state index contributed by atoms with van der Waals surface area (Å²) in [6.45, 7) is 5.88. The van der Waals surface area contributed by atoms with Crippen molar-refractivity contribution < 1.29 is 4.74 Å². The number of hydrogen-bond acceptors (Lipinski definition) is 4. The van der Waals surface area contributed by atoms with Crippen LogP contribution in [0.25, 0.3) is 0 Å². The maximum absolute atomic E-state index is 5.91. The van der Waals surface area contributed by atoms with Crippen LogP contribution >= 0.6 is 0 Å². The third-order valence-electron chi connectivity index (χ3n) is 3.36. The first kappa shape index (κ1) is 9.78. The molecule has 86 valence electrons. The molecule has 0 aromatic heterocycles. The Morgan fingerprint density at radius 3 is 3.25 bits per heavy atom. The average molecular weight is 219 g/mol. The predicted octanol–water partition coefficient (Wildman–Crippen LogP) is 0.748. The van der Waals surface area contributed by atoms with Crippen LogP contribution < -0.4 is 20.7 Å². The molecule has 0 radical (unpaired) electrons. The number of nitrogen functional groups attached to an aromatic ring is 1. The van der Waals surface area contributed by atoms with E-state index in [-0.39, 0.29) is 0 Å². The van der Waals surface area contributed by atoms with Gasteiger partial charge in [-0.1, -0.05) is 0 Å². The molecule has 1 aromatic rings. The maximum atomic E-state index is 5.91. The number of nitrogens with two attached hydrogens (primary N) is 1. The van der Waals surface area contributed by atoms with E-state index >= 15 is 0 Å². The van der Waals surface area contributed by atoms with Gasteiger partial charge in [0.25, 0.3) is 0 Å². The number of piperazine rings is 1. The molecule has 1 aromatic carbocycles. The molecule has 1 unspecified atom stereocenters. The van der Waals surface area contributed by atoms with Gasteiger partial charge in [0.2, 0.25) is 0 Å². The lowest BCUT2D eigenvalue weighted by molar-refractivity contribution is 0.245. The highest BCUT2D eigenvalue weighted by molar-refractivity contribution is 5.69. The third kappa shape index (κ3) is 1.41. The average Bonchev–Trinajstić information content (AvgIpc) is 2.28. The van der Waals surface area contributed by atoms with Crippen molar-refractivity contribution in [3.05, 3.63) is 17.7 Å². The number of hydrogen-bond donors (Lipinski definition) is 2. The van der Waals surface area contributed by atoms with Crippen LogP contribution in [0.3, 0.4) is 0 Å². The van der Waals surface area contributed by atoms with Crippen LogP contribution in [0, 0.1) is 6.92 Å². The molecule has 0 amide bonds. The van der Waals surface area contributed by atoms with Crippen LogP contribution in [-0.2, 0) is 0 Å². The zero-order chi connectivity index (χ0) is 11.1. The van der Waals surface area contributed by atoms with Gasteiger partial charge in [0, 0.05) is 25.3 Å². The minimum absolute atomic E-state index is 0.447. The van der Waals surface area contributed by atoms with Crippen LogP contribution in [0.1, 0.15) is 5.56 Å². The Bertz CT molecular complexity index is 419. The largest absolute Gasteiger partial charge is 0.489 e. The van der Waals surface area contributed by atoms with Crippen molar-refractivity contribution in [2.75, 3.05) is 36.9 Å². The van der Waals surface area contributed by atoms with Crippen molar-refractivity contribution >= 4 is 11.4 Å². The van der Waals surface area contributed by atoms with Gasteiger partial charge in [-0.3, -0.25) is 0 Å². The van der Waals surface area contributed by atoms with Crippen molar-refractivity contribution in [2.45, 2.75) is 13.0 Å². The Hall–Kier alpha value is -1.42. The fourth-order valence-electron chi connectivity index (χ4n) is 2.59. The number of ether oxygens (including phenoxy) is 1. The first-order chi connectivity index (χ1) is 7.75. The number of nitrogens with zero attached hydrogens (tertiary/aromatic N) is 1. The first-order valence-corrected chi connectivity index (χ1v) is 5.76. The highest BCUT2D eigenvalue weighted by Crippen LogP contribution is 2.38. The molecule has 2 aliphatic heterocycles. The summed E-state index contributed by atoms with van der Waals surface area (Å²) >= 11 is 0. The van der Waals surface area contributed by atoms with E-state index in [0.717, 1.165) is 48.9 Å². The molecular weight excluding hydrogens is 202 g/mol. The molecule has 0 spiro atoms. The quantitative estimate of drug-likeness (QED) is 0.632. The summed E-state index contributed by atoms with van der Waals surface area (Å²) in [6, 6.07) is 4.45. The van der Waals surface area contributed by atoms with Gasteiger partial charge in [-0.15, -0.1) is 0 Å². The zero-order valence-electron chi connectivity index (χ0n) is 9.49. The standard InChI is InChI=1S/C12H17N3O/c1-8-4-9(13)5-11-12(8)16-7-10-6-14-2-3-15(10)11/h4-5,10,14H,2-3,6-7,13H2,1H3. The van der Waals surface area contributed by atoms with Gasteiger partial charge in [-0.05, 0) is 24.6 Å². The number of aryl methyl sites for hydroxylation is 1. The molecule has 3 N–H and O–H groups in total. The number of anilines is 2. The van der Waals surface area contributed by atoms with Gasteiger partial charge in [-0.2, -0.15) is 0 Å². The minimum atomic E-state index is 0.447. The Kier molecular flexibility index (Phi) is 2.17. The first-order valence-electron chi connectivity index (χ1n) is 5.76. The van der Waals surface area contributed by atoms with Crippen molar-refractivity contribution in [3.63, 3.8) is 0 Å². The molecule has 1 atom stereocenters. The fraction of sp³-hybridized carbons (Fsp3) is 0.500.